The SMILES string of the molecule is C=CCCC(=O)c1ccc(C)c2ccccc12. The van der Waals surface area contributed by atoms with Gasteiger partial charge in [-0.1, -0.05) is 42.5 Å². The van der Waals surface area contributed by atoms with Crippen LogP contribution in [0.1, 0.15) is 28.8 Å². The Morgan fingerprint density at radius 3 is 2.59 bits per heavy atom. The molecular weight excluding hydrogens is 208 g/mol. The lowest BCUT2D eigenvalue weighted by atomic mass is 9.96. The van der Waals surface area contributed by atoms with Crippen LogP contribution in [0.3, 0.4) is 0 Å². The average molecular weight is 224 g/mol. The Morgan fingerprint density at radius 1 is 1.18 bits per heavy atom. The third-order valence-corrected chi connectivity index (χ3v) is 3.02. The Balaban J connectivity index is 2.51. The van der Waals surface area contributed by atoms with Crippen molar-refractivity contribution in [2.75, 3.05) is 0 Å². The van der Waals surface area contributed by atoms with Crippen LogP contribution < -0.4 is 0 Å². The second-order valence-corrected chi connectivity index (χ2v) is 4.23. The van der Waals surface area contributed by atoms with Crippen LogP contribution in [0.4, 0.5) is 0 Å². The highest BCUT2D eigenvalue weighted by Crippen LogP contribution is 2.23. The van der Waals surface area contributed by atoms with Crippen molar-refractivity contribution in [3.05, 3.63) is 60.2 Å². The fraction of sp³-hybridized carbons (Fsp3) is 0.188. The summed E-state index contributed by atoms with van der Waals surface area (Å²) in [6.07, 6.45) is 3.06. The second kappa shape index (κ2) is 4.96. The van der Waals surface area contributed by atoms with Crippen molar-refractivity contribution in [2.24, 2.45) is 0 Å². The number of aryl methyl sites for hydroxylation is 1. The van der Waals surface area contributed by atoms with Gasteiger partial charge in [-0.25, -0.2) is 0 Å². The highest BCUT2D eigenvalue weighted by molar-refractivity contribution is 6.08. The highest BCUT2D eigenvalue weighted by Gasteiger charge is 2.09. The number of carbonyl (C=O) groups is 1. The van der Waals surface area contributed by atoms with Crippen molar-refractivity contribution in [2.45, 2.75) is 19.8 Å². The Morgan fingerprint density at radius 2 is 1.88 bits per heavy atom. The van der Waals surface area contributed by atoms with E-state index in [2.05, 4.69) is 19.6 Å². The van der Waals surface area contributed by atoms with E-state index in [0.29, 0.717) is 6.42 Å². The van der Waals surface area contributed by atoms with Crippen LogP contribution in [0.15, 0.2) is 49.1 Å². The molecule has 0 bridgehead atoms. The van der Waals surface area contributed by atoms with Gasteiger partial charge in [-0.2, -0.15) is 0 Å². The van der Waals surface area contributed by atoms with Crippen LogP contribution in [-0.2, 0) is 0 Å². The molecule has 0 radical (unpaired) electrons. The van der Waals surface area contributed by atoms with Crippen LogP contribution in [0, 0.1) is 6.92 Å². The Labute approximate surface area is 102 Å². The van der Waals surface area contributed by atoms with E-state index in [1.807, 2.05) is 30.3 Å². The molecule has 1 heteroatoms. The third kappa shape index (κ3) is 2.28. The molecule has 0 fully saturated rings. The maximum atomic E-state index is 12.1. The quantitative estimate of drug-likeness (QED) is 0.559. The highest BCUT2D eigenvalue weighted by atomic mass is 16.1. The number of hydrogen-bond donors (Lipinski definition) is 0. The lowest BCUT2D eigenvalue weighted by Crippen LogP contribution is -1.99. The van der Waals surface area contributed by atoms with Gasteiger partial charge in [-0.15, -0.1) is 6.58 Å². The Hall–Kier alpha value is -1.89. The zero-order valence-corrected chi connectivity index (χ0v) is 10.1. The molecule has 0 unspecified atom stereocenters. The molecule has 2 aromatic rings. The number of benzene rings is 2. The first-order valence-electron chi connectivity index (χ1n) is 5.86. The van der Waals surface area contributed by atoms with Gasteiger partial charge in [-0.3, -0.25) is 4.79 Å². The fourth-order valence-corrected chi connectivity index (χ4v) is 2.06. The molecule has 17 heavy (non-hydrogen) atoms. The molecule has 2 rings (SSSR count). The van der Waals surface area contributed by atoms with Crippen molar-refractivity contribution < 1.29 is 4.79 Å². The molecule has 0 atom stereocenters. The topological polar surface area (TPSA) is 17.1 Å². The van der Waals surface area contributed by atoms with Crippen LogP contribution in [-0.4, -0.2) is 5.78 Å². The first-order valence-corrected chi connectivity index (χ1v) is 5.86. The lowest BCUT2D eigenvalue weighted by Gasteiger charge is -2.07. The van der Waals surface area contributed by atoms with Gasteiger partial charge in [0.1, 0.15) is 0 Å². The minimum atomic E-state index is 0.195. The van der Waals surface area contributed by atoms with Gasteiger partial charge in [0.05, 0.1) is 0 Å². The van der Waals surface area contributed by atoms with Gasteiger partial charge in [0.15, 0.2) is 5.78 Å². The minimum Gasteiger partial charge on any atom is -0.294 e. The molecule has 1 nitrogen and oxygen atoms in total. The van der Waals surface area contributed by atoms with Crippen LogP contribution >= 0.6 is 0 Å². The summed E-state index contributed by atoms with van der Waals surface area (Å²) in [6, 6.07) is 12.0. The summed E-state index contributed by atoms with van der Waals surface area (Å²) in [5, 5.41) is 2.22. The molecule has 0 N–H and O–H groups in total. The first-order chi connectivity index (χ1) is 8.24. The fourth-order valence-electron chi connectivity index (χ4n) is 2.06. The van der Waals surface area contributed by atoms with Crippen molar-refractivity contribution in [1.29, 1.82) is 0 Å². The minimum absolute atomic E-state index is 0.195. The monoisotopic (exact) mass is 224 g/mol. The molecule has 0 aliphatic rings. The number of hydrogen-bond acceptors (Lipinski definition) is 1. The van der Waals surface area contributed by atoms with E-state index in [1.54, 1.807) is 6.08 Å². The smallest absolute Gasteiger partial charge is 0.163 e. The summed E-state index contributed by atoms with van der Waals surface area (Å²) in [6.45, 7) is 5.72. The molecule has 0 heterocycles. The summed E-state index contributed by atoms with van der Waals surface area (Å²) >= 11 is 0. The van der Waals surface area contributed by atoms with Gasteiger partial charge < -0.3 is 0 Å². The number of fused-ring (bicyclic) bond motifs is 1. The molecule has 0 aromatic heterocycles. The lowest BCUT2D eigenvalue weighted by molar-refractivity contribution is 0.0985. The maximum Gasteiger partial charge on any atom is 0.163 e. The predicted octanol–water partition coefficient (Wildman–Crippen LogP) is 4.30. The summed E-state index contributed by atoms with van der Waals surface area (Å²) in [5.74, 6) is 0.195. The summed E-state index contributed by atoms with van der Waals surface area (Å²) in [5.41, 5.74) is 2.04. The van der Waals surface area contributed by atoms with E-state index >= 15 is 0 Å². The summed E-state index contributed by atoms with van der Waals surface area (Å²) < 4.78 is 0. The van der Waals surface area contributed by atoms with E-state index in [4.69, 9.17) is 0 Å². The standard InChI is InChI=1S/C16H16O/c1-3-4-9-16(17)15-11-10-12(2)13-7-5-6-8-14(13)15/h3,5-8,10-11H,1,4,9H2,2H3. The number of rotatable bonds is 4. The largest absolute Gasteiger partial charge is 0.294 e. The van der Waals surface area contributed by atoms with Crippen molar-refractivity contribution in [1.82, 2.24) is 0 Å². The molecule has 0 saturated carbocycles. The average Bonchev–Trinajstić information content (AvgIpc) is 2.37. The van der Waals surface area contributed by atoms with Crippen molar-refractivity contribution in [3.63, 3.8) is 0 Å². The first kappa shape index (κ1) is 11.6. The van der Waals surface area contributed by atoms with Gasteiger partial charge in [0.25, 0.3) is 0 Å². The van der Waals surface area contributed by atoms with Crippen LogP contribution in [0.25, 0.3) is 10.8 Å². The van der Waals surface area contributed by atoms with Crippen LogP contribution in [0.5, 0.6) is 0 Å². The molecule has 0 spiro atoms. The number of carbonyl (C=O) groups excluding carboxylic acids is 1. The zero-order valence-electron chi connectivity index (χ0n) is 10.1. The number of ketones is 1. The zero-order chi connectivity index (χ0) is 12.3. The summed E-state index contributed by atoms with van der Waals surface area (Å²) in [4.78, 5) is 12.1. The molecule has 86 valence electrons. The van der Waals surface area contributed by atoms with Crippen LogP contribution in [0.2, 0.25) is 0 Å². The molecule has 2 aromatic carbocycles. The van der Waals surface area contributed by atoms with Gasteiger partial charge >= 0.3 is 0 Å². The van der Waals surface area contributed by atoms with E-state index in [0.717, 1.165) is 22.8 Å². The Kier molecular flexibility index (Phi) is 3.38. The number of Topliss-reactive ketones (excluding diaryl/α,β-unsaturated/α-hetero) is 1. The van der Waals surface area contributed by atoms with E-state index in [9.17, 15) is 4.79 Å². The molecule has 0 aliphatic heterocycles. The normalized spacial score (nSPS) is 10.4. The van der Waals surface area contributed by atoms with Crippen molar-refractivity contribution in [3.8, 4) is 0 Å². The van der Waals surface area contributed by atoms with Gasteiger partial charge in [-0.05, 0) is 29.7 Å². The molecular formula is C16H16O. The molecule has 0 aliphatic carbocycles. The number of allylic oxidation sites excluding steroid dienone is 1. The predicted molar refractivity (Wildman–Crippen MR) is 72.4 cm³/mol. The third-order valence-electron chi connectivity index (χ3n) is 3.02. The Bertz CT molecular complexity index is 567. The van der Waals surface area contributed by atoms with Gasteiger partial charge in [0.2, 0.25) is 0 Å². The molecule has 0 saturated heterocycles. The molecule has 0 amide bonds. The summed E-state index contributed by atoms with van der Waals surface area (Å²) in [7, 11) is 0. The van der Waals surface area contributed by atoms with Gasteiger partial charge in [0, 0.05) is 12.0 Å². The maximum absolute atomic E-state index is 12.1. The van der Waals surface area contributed by atoms with E-state index in [-0.39, 0.29) is 5.78 Å². The van der Waals surface area contributed by atoms with E-state index < -0.39 is 0 Å². The second-order valence-electron chi connectivity index (χ2n) is 4.23. The van der Waals surface area contributed by atoms with E-state index in [1.165, 1.54) is 5.56 Å². The van der Waals surface area contributed by atoms with Crippen molar-refractivity contribution >= 4 is 16.6 Å².